The Morgan fingerprint density at radius 3 is 2.94 bits per heavy atom. The molecule has 2 rings (SSSR count). The number of hydrogen-bond donors (Lipinski definition) is 0. The number of ether oxygens (including phenoxy) is 1. The second-order valence-electron chi connectivity index (χ2n) is 3.84. The minimum absolute atomic E-state index is 0.678. The molecule has 0 fully saturated rings. The summed E-state index contributed by atoms with van der Waals surface area (Å²) in [5, 5.41) is 5.20. The minimum Gasteiger partial charge on any atom is -0.385 e. The molecule has 0 amide bonds. The van der Waals surface area contributed by atoms with Crippen LogP contribution in [0.4, 0.5) is 0 Å². The number of aromatic nitrogens is 4. The summed E-state index contributed by atoms with van der Waals surface area (Å²) in [6.07, 6.45) is 1.00. The monoisotopic (exact) mass is 252 g/mol. The molecule has 0 atom stereocenters. The number of aryl methyl sites for hydroxylation is 2. The normalized spacial score (nSPS) is 11.2. The van der Waals surface area contributed by atoms with E-state index in [4.69, 9.17) is 4.74 Å². The van der Waals surface area contributed by atoms with E-state index in [1.807, 2.05) is 19.9 Å². The molecule has 0 saturated heterocycles. The van der Waals surface area contributed by atoms with Crippen LogP contribution in [0.3, 0.4) is 0 Å². The SMILES string of the molecule is COCCCSc1nc2nc(C)cc(C)n2n1. The van der Waals surface area contributed by atoms with Gasteiger partial charge in [-0.1, -0.05) is 11.8 Å². The van der Waals surface area contributed by atoms with Crippen LogP contribution in [0, 0.1) is 13.8 Å². The highest BCUT2D eigenvalue weighted by Crippen LogP contribution is 2.15. The first-order valence-electron chi connectivity index (χ1n) is 5.53. The van der Waals surface area contributed by atoms with Gasteiger partial charge in [0.05, 0.1) is 0 Å². The summed E-state index contributed by atoms with van der Waals surface area (Å²) in [6, 6.07) is 2.00. The molecule has 0 aliphatic carbocycles. The van der Waals surface area contributed by atoms with Crippen LogP contribution < -0.4 is 0 Å². The highest BCUT2D eigenvalue weighted by Gasteiger charge is 2.07. The Hall–Kier alpha value is -1.14. The van der Waals surface area contributed by atoms with Crippen LogP contribution >= 0.6 is 11.8 Å². The molecule has 0 N–H and O–H groups in total. The van der Waals surface area contributed by atoms with Crippen molar-refractivity contribution in [2.75, 3.05) is 19.5 Å². The summed E-state index contributed by atoms with van der Waals surface area (Å²) in [7, 11) is 1.71. The van der Waals surface area contributed by atoms with Crippen molar-refractivity contribution in [3.8, 4) is 0 Å². The lowest BCUT2D eigenvalue weighted by atomic mass is 10.4. The third kappa shape index (κ3) is 2.95. The van der Waals surface area contributed by atoms with Crippen LogP contribution in [0.25, 0.3) is 5.78 Å². The second-order valence-corrected chi connectivity index (χ2v) is 4.90. The molecular weight excluding hydrogens is 236 g/mol. The van der Waals surface area contributed by atoms with Crippen LogP contribution in [0.15, 0.2) is 11.2 Å². The zero-order chi connectivity index (χ0) is 12.3. The lowest BCUT2D eigenvalue weighted by Crippen LogP contribution is -1.97. The first-order chi connectivity index (χ1) is 8.20. The lowest BCUT2D eigenvalue weighted by Gasteiger charge is -1.97. The molecule has 5 nitrogen and oxygen atoms in total. The van der Waals surface area contributed by atoms with Crippen LogP contribution in [0.1, 0.15) is 17.8 Å². The summed E-state index contributed by atoms with van der Waals surface area (Å²) < 4.78 is 6.79. The molecule has 0 radical (unpaired) electrons. The van der Waals surface area contributed by atoms with E-state index in [0.29, 0.717) is 5.78 Å². The van der Waals surface area contributed by atoms with Crippen LogP contribution in [0.5, 0.6) is 0 Å². The molecule has 0 saturated carbocycles. The van der Waals surface area contributed by atoms with E-state index in [9.17, 15) is 0 Å². The zero-order valence-electron chi connectivity index (χ0n) is 10.3. The zero-order valence-corrected chi connectivity index (χ0v) is 11.1. The van der Waals surface area contributed by atoms with Crippen molar-refractivity contribution in [1.29, 1.82) is 0 Å². The van der Waals surface area contributed by atoms with Gasteiger partial charge in [-0.05, 0) is 26.3 Å². The standard InChI is InChI=1S/C11H16N4OS/c1-8-7-9(2)15-10(12-8)13-11(14-15)17-6-4-5-16-3/h7H,4-6H2,1-3H3. The fraction of sp³-hybridized carbons (Fsp3) is 0.545. The number of thioether (sulfide) groups is 1. The van der Waals surface area contributed by atoms with Crippen molar-refractivity contribution in [1.82, 2.24) is 19.6 Å². The van der Waals surface area contributed by atoms with Gasteiger partial charge in [-0.25, -0.2) is 9.50 Å². The van der Waals surface area contributed by atoms with E-state index >= 15 is 0 Å². The molecule has 0 aliphatic heterocycles. The Bertz CT molecular complexity index is 511. The third-order valence-corrected chi connectivity index (χ3v) is 3.25. The van der Waals surface area contributed by atoms with Gasteiger partial charge >= 0.3 is 0 Å². The van der Waals surface area contributed by atoms with Gasteiger partial charge < -0.3 is 4.74 Å². The van der Waals surface area contributed by atoms with Gasteiger partial charge in [-0.3, -0.25) is 0 Å². The highest BCUT2D eigenvalue weighted by atomic mass is 32.2. The average molecular weight is 252 g/mol. The highest BCUT2D eigenvalue weighted by molar-refractivity contribution is 7.99. The van der Waals surface area contributed by atoms with Crippen LogP contribution in [0.2, 0.25) is 0 Å². The van der Waals surface area contributed by atoms with Gasteiger partial charge in [-0.2, -0.15) is 4.98 Å². The van der Waals surface area contributed by atoms with Crippen LogP contribution in [-0.4, -0.2) is 39.1 Å². The fourth-order valence-corrected chi connectivity index (χ4v) is 2.31. The Kier molecular flexibility index (Phi) is 3.96. The molecule has 92 valence electrons. The van der Waals surface area contributed by atoms with E-state index < -0.39 is 0 Å². The average Bonchev–Trinajstić information content (AvgIpc) is 2.67. The van der Waals surface area contributed by atoms with Gasteiger partial charge in [0.1, 0.15) is 0 Å². The Morgan fingerprint density at radius 1 is 1.35 bits per heavy atom. The maximum atomic E-state index is 5.00. The number of hydrogen-bond acceptors (Lipinski definition) is 5. The molecule has 0 aromatic carbocycles. The quantitative estimate of drug-likeness (QED) is 0.600. The topological polar surface area (TPSA) is 52.3 Å². The van der Waals surface area contributed by atoms with Gasteiger partial charge in [0, 0.05) is 30.9 Å². The van der Waals surface area contributed by atoms with E-state index in [2.05, 4.69) is 15.1 Å². The maximum Gasteiger partial charge on any atom is 0.253 e. The van der Waals surface area contributed by atoms with Crippen molar-refractivity contribution in [3.63, 3.8) is 0 Å². The molecule has 2 heterocycles. The maximum absolute atomic E-state index is 5.00. The molecule has 2 aromatic rings. The van der Waals surface area contributed by atoms with Crippen molar-refractivity contribution < 1.29 is 4.74 Å². The molecular formula is C11H16N4OS. The summed E-state index contributed by atoms with van der Waals surface area (Å²) in [5.74, 6) is 1.64. The van der Waals surface area contributed by atoms with Gasteiger partial charge in [-0.15, -0.1) is 5.10 Å². The summed E-state index contributed by atoms with van der Waals surface area (Å²) in [6.45, 7) is 4.75. The first-order valence-corrected chi connectivity index (χ1v) is 6.52. The smallest absolute Gasteiger partial charge is 0.253 e. The van der Waals surface area contributed by atoms with Gasteiger partial charge in [0.2, 0.25) is 5.16 Å². The van der Waals surface area contributed by atoms with E-state index in [1.54, 1.807) is 23.4 Å². The lowest BCUT2D eigenvalue weighted by molar-refractivity contribution is 0.200. The van der Waals surface area contributed by atoms with Gasteiger partial charge in [0.15, 0.2) is 0 Å². The molecule has 0 unspecified atom stereocenters. The van der Waals surface area contributed by atoms with Crippen molar-refractivity contribution in [2.45, 2.75) is 25.4 Å². The molecule has 6 heteroatoms. The van der Waals surface area contributed by atoms with E-state index in [0.717, 1.165) is 35.3 Å². The van der Waals surface area contributed by atoms with Crippen molar-refractivity contribution >= 4 is 17.5 Å². The second kappa shape index (κ2) is 5.46. The van der Waals surface area contributed by atoms with E-state index in [-0.39, 0.29) is 0 Å². The van der Waals surface area contributed by atoms with Gasteiger partial charge in [0.25, 0.3) is 5.78 Å². The van der Waals surface area contributed by atoms with Crippen molar-refractivity contribution in [2.24, 2.45) is 0 Å². The summed E-state index contributed by atoms with van der Waals surface area (Å²) in [4.78, 5) is 8.75. The summed E-state index contributed by atoms with van der Waals surface area (Å²) in [5.41, 5.74) is 2.03. The predicted octanol–water partition coefficient (Wildman–Crippen LogP) is 1.87. The molecule has 0 aliphatic rings. The fourth-order valence-electron chi connectivity index (χ4n) is 1.58. The molecule has 0 spiro atoms. The Labute approximate surface area is 105 Å². The summed E-state index contributed by atoms with van der Waals surface area (Å²) >= 11 is 1.64. The number of fused-ring (bicyclic) bond motifs is 1. The Morgan fingerprint density at radius 2 is 2.18 bits per heavy atom. The molecule has 0 bridgehead atoms. The molecule has 2 aromatic heterocycles. The first kappa shape index (κ1) is 12.3. The van der Waals surface area contributed by atoms with Crippen LogP contribution in [-0.2, 0) is 4.74 Å². The Balaban J connectivity index is 2.12. The third-order valence-electron chi connectivity index (χ3n) is 2.32. The molecule has 17 heavy (non-hydrogen) atoms. The number of nitrogens with zero attached hydrogens (tertiary/aromatic N) is 4. The predicted molar refractivity (Wildman–Crippen MR) is 67.5 cm³/mol. The van der Waals surface area contributed by atoms with Crippen molar-refractivity contribution in [3.05, 3.63) is 17.5 Å². The number of methoxy groups -OCH3 is 1. The van der Waals surface area contributed by atoms with E-state index in [1.165, 1.54) is 0 Å². The largest absolute Gasteiger partial charge is 0.385 e. The minimum atomic E-state index is 0.678. The number of rotatable bonds is 5.